The minimum Gasteiger partial charge on any atom is -0.478 e. The molecule has 7 rings (SSSR count). The van der Waals surface area contributed by atoms with Gasteiger partial charge in [0.2, 0.25) is 0 Å². The van der Waals surface area contributed by atoms with E-state index in [0.29, 0.717) is 28.6 Å². The van der Waals surface area contributed by atoms with Gasteiger partial charge in [0.05, 0.1) is 22.5 Å². The number of para-hydroxylation sites is 3. The molecule has 3 aromatic heterocycles. The van der Waals surface area contributed by atoms with Gasteiger partial charge in [-0.3, -0.25) is 0 Å². The summed E-state index contributed by atoms with van der Waals surface area (Å²) in [5.41, 5.74) is 6.95. The molecule has 39 heavy (non-hydrogen) atoms. The predicted molar refractivity (Wildman–Crippen MR) is 153 cm³/mol. The number of hydrogen-bond donors (Lipinski definition) is 1. The maximum Gasteiger partial charge on any atom is 0.336 e. The van der Waals surface area contributed by atoms with E-state index < -0.39 is 5.97 Å². The van der Waals surface area contributed by atoms with Crippen molar-refractivity contribution in [3.05, 3.63) is 114 Å². The quantitative estimate of drug-likeness (QED) is 0.263. The van der Waals surface area contributed by atoms with Gasteiger partial charge in [-0.15, -0.1) is 0 Å². The Kier molecular flexibility index (Phi) is 5.40. The molecule has 0 saturated heterocycles. The molecule has 1 N–H and O–H groups in total. The average molecular weight is 512 g/mol. The van der Waals surface area contributed by atoms with Crippen LogP contribution in [0.5, 0.6) is 0 Å². The number of carboxylic acid groups (broad SMARTS) is 1. The molecule has 1 atom stereocenters. The van der Waals surface area contributed by atoms with Crippen LogP contribution in [0, 0.1) is 5.92 Å². The van der Waals surface area contributed by atoms with Crippen molar-refractivity contribution >= 4 is 39.5 Å². The zero-order chi connectivity index (χ0) is 26.5. The average Bonchev–Trinajstić information content (AvgIpc) is 3.56. The third-order valence-electron chi connectivity index (χ3n) is 7.38. The highest BCUT2D eigenvalue weighted by Crippen LogP contribution is 2.40. The maximum atomic E-state index is 12.5. The highest BCUT2D eigenvalue weighted by Gasteiger charge is 2.28. The van der Waals surface area contributed by atoms with Gasteiger partial charge in [0, 0.05) is 22.5 Å². The van der Waals surface area contributed by atoms with Crippen LogP contribution in [-0.2, 0) is 6.42 Å². The summed E-state index contributed by atoms with van der Waals surface area (Å²) in [6.07, 6.45) is 5.57. The number of furan rings is 1. The van der Waals surface area contributed by atoms with Gasteiger partial charge < -0.3 is 9.52 Å². The molecule has 190 valence electrons. The van der Waals surface area contributed by atoms with Gasteiger partial charge >= 0.3 is 5.97 Å². The summed E-state index contributed by atoms with van der Waals surface area (Å²) in [6, 6.07) is 27.4. The van der Waals surface area contributed by atoms with E-state index in [1.165, 1.54) is 0 Å². The number of fused-ring (bicyclic) bond motifs is 3. The number of hydrogen-bond acceptors (Lipinski definition) is 4. The van der Waals surface area contributed by atoms with Crippen LogP contribution >= 0.6 is 0 Å². The van der Waals surface area contributed by atoms with Crippen molar-refractivity contribution in [2.75, 3.05) is 0 Å². The zero-order valence-corrected chi connectivity index (χ0v) is 21.3. The smallest absolute Gasteiger partial charge is 0.336 e. The topological polar surface area (TPSA) is 81.2 Å². The first kappa shape index (κ1) is 23.2. The fourth-order valence-corrected chi connectivity index (χ4v) is 5.66. The van der Waals surface area contributed by atoms with E-state index in [9.17, 15) is 9.90 Å². The first-order chi connectivity index (χ1) is 19.0. The Morgan fingerprint density at radius 3 is 2.56 bits per heavy atom. The number of aromatic carboxylic acids is 1. The lowest BCUT2D eigenvalue weighted by molar-refractivity contribution is 0.0697. The molecule has 0 aliphatic heterocycles. The summed E-state index contributed by atoms with van der Waals surface area (Å²) in [5.74, 6) is 0.0290. The van der Waals surface area contributed by atoms with Crippen molar-refractivity contribution in [3.8, 4) is 17.1 Å². The highest BCUT2D eigenvalue weighted by molar-refractivity contribution is 6.06. The SMILES string of the molecule is C[C@@H]1C/C(=C\c2cn(-c3ccccc3)nc2-c2cc3ccccc3o2)c2nc3ccccc3c(C(=O)O)c2C1. The zero-order valence-electron chi connectivity index (χ0n) is 21.3. The second kappa shape index (κ2) is 9.10. The van der Waals surface area contributed by atoms with Gasteiger partial charge in [-0.2, -0.15) is 5.10 Å². The Morgan fingerprint density at radius 1 is 0.974 bits per heavy atom. The van der Waals surface area contributed by atoms with Gasteiger partial charge in [0.25, 0.3) is 0 Å². The molecular weight excluding hydrogens is 486 g/mol. The first-order valence-electron chi connectivity index (χ1n) is 13.0. The summed E-state index contributed by atoms with van der Waals surface area (Å²) in [5, 5.41) is 16.9. The van der Waals surface area contributed by atoms with E-state index in [0.717, 1.165) is 51.2 Å². The normalized spacial score (nSPS) is 16.1. The summed E-state index contributed by atoms with van der Waals surface area (Å²) < 4.78 is 8.09. The molecule has 0 spiro atoms. The van der Waals surface area contributed by atoms with E-state index in [1.807, 2.05) is 95.8 Å². The Bertz CT molecular complexity index is 1880. The van der Waals surface area contributed by atoms with Crippen molar-refractivity contribution in [2.24, 2.45) is 5.92 Å². The van der Waals surface area contributed by atoms with Crippen molar-refractivity contribution < 1.29 is 14.3 Å². The molecule has 3 heterocycles. The Labute approximate surface area is 224 Å². The van der Waals surface area contributed by atoms with Crippen LogP contribution in [0.2, 0.25) is 0 Å². The van der Waals surface area contributed by atoms with Crippen molar-refractivity contribution in [1.82, 2.24) is 14.8 Å². The summed E-state index contributed by atoms with van der Waals surface area (Å²) in [6.45, 7) is 2.16. The predicted octanol–water partition coefficient (Wildman–Crippen LogP) is 7.65. The summed E-state index contributed by atoms with van der Waals surface area (Å²) >= 11 is 0. The van der Waals surface area contributed by atoms with Crippen LogP contribution < -0.4 is 0 Å². The van der Waals surface area contributed by atoms with E-state index in [-0.39, 0.29) is 5.92 Å². The van der Waals surface area contributed by atoms with Crippen LogP contribution in [0.3, 0.4) is 0 Å². The number of nitrogens with zero attached hydrogens (tertiary/aromatic N) is 3. The van der Waals surface area contributed by atoms with Gasteiger partial charge in [-0.1, -0.05) is 61.5 Å². The fourth-order valence-electron chi connectivity index (χ4n) is 5.66. The molecule has 3 aromatic carbocycles. The standard InChI is InChI=1S/C33H25N3O3/c1-20-15-22(31-26(16-20)30(33(37)38)25-12-6-7-13-27(25)34-31)17-23-19-36(24-10-3-2-4-11-24)35-32(23)29-18-21-9-5-8-14-28(21)39-29/h2-14,17-20H,15-16H2,1H3,(H,37,38)/b22-17+/t20-/m1/s1. The molecular formula is C33H25N3O3. The largest absolute Gasteiger partial charge is 0.478 e. The number of benzene rings is 3. The number of carboxylic acids is 1. The maximum absolute atomic E-state index is 12.5. The lowest BCUT2D eigenvalue weighted by Crippen LogP contribution is -2.17. The minimum atomic E-state index is -0.918. The van der Waals surface area contributed by atoms with Crippen LogP contribution in [0.4, 0.5) is 0 Å². The summed E-state index contributed by atoms with van der Waals surface area (Å²) in [7, 11) is 0. The Morgan fingerprint density at radius 2 is 1.74 bits per heavy atom. The molecule has 0 amide bonds. The van der Waals surface area contributed by atoms with E-state index >= 15 is 0 Å². The molecule has 0 bridgehead atoms. The number of aromatic nitrogens is 3. The van der Waals surface area contributed by atoms with Gasteiger partial charge in [0.15, 0.2) is 5.76 Å². The second-order valence-electron chi connectivity index (χ2n) is 10.2. The van der Waals surface area contributed by atoms with Gasteiger partial charge in [-0.25, -0.2) is 14.5 Å². The highest BCUT2D eigenvalue weighted by atomic mass is 16.4. The Balaban J connectivity index is 1.46. The third kappa shape index (κ3) is 4.01. The van der Waals surface area contributed by atoms with Crippen molar-refractivity contribution in [2.45, 2.75) is 19.8 Å². The van der Waals surface area contributed by atoms with Crippen LogP contribution in [0.1, 0.15) is 40.5 Å². The molecule has 0 radical (unpaired) electrons. The molecule has 6 nitrogen and oxygen atoms in total. The number of allylic oxidation sites excluding steroid dienone is 1. The third-order valence-corrected chi connectivity index (χ3v) is 7.38. The molecule has 0 unspecified atom stereocenters. The molecule has 6 heteroatoms. The van der Waals surface area contributed by atoms with Crippen LogP contribution in [0.25, 0.3) is 50.7 Å². The monoisotopic (exact) mass is 511 g/mol. The molecule has 1 aliphatic rings. The van der Waals surface area contributed by atoms with E-state index in [2.05, 4.69) is 13.0 Å². The number of carbonyl (C=O) groups is 1. The molecule has 6 aromatic rings. The van der Waals surface area contributed by atoms with Crippen molar-refractivity contribution in [1.29, 1.82) is 0 Å². The molecule has 0 saturated carbocycles. The number of pyridine rings is 1. The van der Waals surface area contributed by atoms with Crippen LogP contribution in [0.15, 0.2) is 95.5 Å². The van der Waals surface area contributed by atoms with Gasteiger partial charge in [-0.05, 0) is 66.3 Å². The van der Waals surface area contributed by atoms with Crippen molar-refractivity contribution in [3.63, 3.8) is 0 Å². The minimum absolute atomic E-state index is 0.267. The van der Waals surface area contributed by atoms with Gasteiger partial charge in [0.1, 0.15) is 11.3 Å². The fraction of sp³-hybridized carbons (Fsp3) is 0.121. The van der Waals surface area contributed by atoms with E-state index in [4.69, 9.17) is 14.5 Å². The Hall–Kier alpha value is -4.97. The molecule has 0 fully saturated rings. The lowest BCUT2D eigenvalue weighted by Gasteiger charge is -2.26. The van der Waals surface area contributed by atoms with E-state index in [1.54, 1.807) is 0 Å². The van der Waals surface area contributed by atoms with Crippen LogP contribution in [-0.4, -0.2) is 25.8 Å². The lowest BCUT2D eigenvalue weighted by atomic mass is 9.80. The first-order valence-corrected chi connectivity index (χ1v) is 13.0. The summed E-state index contributed by atoms with van der Waals surface area (Å²) in [4.78, 5) is 17.5. The second-order valence-corrected chi connectivity index (χ2v) is 10.2. The number of rotatable bonds is 4. The molecule has 1 aliphatic carbocycles.